The number of carbonyl (C=O) groups is 1. The molecule has 3 aromatic rings. The molecule has 0 radical (unpaired) electrons. The number of nitrogens with one attached hydrogen (secondary N) is 1. The van der Waals surface area contributed by atoms with Gasteiger partial charge in [0, 0.05) is 12.7 Å². The Kier molecular flexibility index (Phi) is 4.45. The van der Waals surface area contributed by atoms with E-state index >= 15 is 0 Å². The predicted octanol–water partition coefficient (Wildman–Crippen LogP) is 4.16. The van der Waals surface area contributed by atoms with Crippen LogP contribution in [0.3, 0.4) is 0 Å². The van der Waals surface area contributed by atoms with Gasteiger partial charge in [0.1, 0.15) is 5.82 Å². The maximum atomic E-state index is 13.1. The first kappa shape index (κ1) is 15.7. The summed E-state index contributed by atoms with van der Waals surface area (Å²) < 4.78 is 14.2. The van der Waals surface area contributed by atoms with E-state index in [-0.39, 0.29) is 17.5 Å². The van der Waals surface area contributed by atoms with Crippen molar-refractivity contribution in [2.45, 2.75) is 0 Å². The summed E-state index contributed by atoms with van der Waals surface area (Å²) >= 11 is 7.22. The summed E-state index contributed by atoms with van der Waals surface area (Å²) in [6, 6.07) is 11.9. The fraction of sp³-hybridized carbons (Fsp3) is 0.125. The molecular weight excluding hydrogens is 337 g/mol. The number of nitrogens with zero attached hydrogens (tertiary/aromatic N) is 2. The molecule has 0 atom stereocenters. The van der Waals surface area contributed by atoms with Crippen LogP contribution in [0.15, 0.2) is 42.5 Å². The molecule has 23 heavy (non-hydrogen) atoms. The lowest BCUT2D eigenvalue weighted by molar-refractivity contribution is -0.114. The average molecular weight is 350 g/mol. The summed E-state index contributed by atoms with van der Waals surface area (Å²) in [5.74, 6) is -0.745. The molecular formula is C16H13ClFN3OS. The van der Waals surface area contributed by atoms with Crippen LogP contribution in [0.2, 0.25) is 5.02 Å². The SMILES string of the molecule is CN(CC(=O)Nc1ccc(F)c(Cl)c1)c1nc2ccccc2s1. The van der Waals surface area contributed by atoms with Gasteiger partial charge in [0.15, 0.2) is 5.13 Å². The average Bonchev–Trinajstić information content (AvgIpc) is 2.95. The quantitative estimate of drug-likeness (QED) is 0.769. The van der Waals surface area contributed by atoms with Crippen molar-refractivity contribution >= 4 is 49.9 Å². The van der Waals surface area contributed by atoms with E-state index in [0.29, 0.717) is 5.69 Å². The third-order valence-electron chi connectivity index (χ3n) is 3.19. The van der Waals surface area contributed by atoms with Crippen LogP contribution in [0, 0.1) is 5.82 Å². The Hall–Kier alpha value is -2.18. The standard InChI is InChI=1S/C16H13ClFN3OS/c1-21(16-20-13-4-2-3-5-14(13)23-16)9-15(22)19-10-6-7-12(18)11(17)8-10/h2-8H,9H2,1H3,(H,19,22). The zero-order valence-corrected chi connectivity index (χ0v) is 13.8. The van der Waals surface area contributed by atoms with Crippen LogP contribution in [-0.2, 0) is 4.79 Å². The maximum Gasteiger partial charge on any atom is 0.243 e. The molecule has 0 aliphatic heterocycles. The summed E-state index contributed by atoms with van der Waals surface area (Å²) in [5.41, 5.74) is 1.36. The molecule has 1 N–H and O–H groups in total. The van der Waals surface area contributed by atoms with E-state index in [0.717, 1.165) is 15.3 Å². The largest absolute Gasteiger partial charge is 0.342 e. The normalized spacial score (nSPS) is 10.7. The van der Waals surface area contributed by atoms with Crippen molar-refractivity contribution in [2.75, 3.05) is 23.8 Å². The molecule has 3 rings (SSSR count). The summed E-state index contributed by atoms with van der Waals surface area (Å²) in [6.45, 7) is 0.134. The lowest BCUT2D eigenvalue weighted by Gasteiger charge is -2.15. The van der Waals surface area contributed by atoms with Gasteiger partial charge in [-0.05, 0) is 30.3 Å². The number of hydrogen-bond donors (Lipinski definition) is 1. The number of para-hydroxylation sites is 1. The van der Waals surface area contributed by atoms with E-state index in [1.807, 2.05) is 24.3 Å². The van der Waals surface area contributed by atoms with Gasteiger partial charge in [-0.3, -0.25) is 4.79 Å². The van der Waals surface area contributed by atoms with Gasteiger partial charge in [0.05, 0.1) is 21.8 Å². The van der Waals surface area contributed by atoms with E-state index in [2.05, 4.69) is 10.3 Å². The molecule has 118 valence electrons. The van der Waals surface area contributed by atoms with E-state index in [1.54, 1.807) is 11.9 Å². The number of carbonyl (C=O) groups excluding carboxylic acids is 1. The number of benzene rings is 2. The van der Waals surface area contributed by atoms with Crippen LogP contribution >= 0.6 is 22.9 Å². The third-order valence-corrected chi connectivity index (χ3v) is 4.63. The lowest BCUT2D eigenvalue weighted by Crippen LogP contribution is -2.29. The molecule has 1 amide bonds. The number of likely N-dealkylation sites (N-methyl/N-ethyl adjacent to an activating group) is 1. The van der Waals surface area contributed by atoms with Gasteiger partial charge in [0.25, 0.3) is 0 Å². The first-order valence-corrected chi connectivity index (χ1v) is 8.04. The summed E-state index contributed by atoms with van der Waals surface area (Å²) in [7, 11) is 1.80. The summed E-state index contributed by atoms with van der Waals surface area (Å²) in [4.78, 5) is 18.4. The van der Waals surface area contributed by atoms with Crippen LogP contribution in [0.4, 0.5) is 15.2 Å². The number of rotatable bonds is 4. The second kappa shape index (κ2) is 6.52. The highest BCUT2D eigenvalue weighted by atomic mass is 35.5. The molecule has 2 aromatic carbocycles. The fourth-order valence-electron chi connectivity index (χ4n) is 2.08. The molecule has 0 unspecified atom stereocenters. The minimum absolute atomic E-state index is 0.0256. The van der Waals surface area contributed by atoms with Gasteiger partial charge in [-0.2, -0.15) is 0 Å². The van der Waals surface area contributed by atoms with Gasteiger partial charge in [-0.25, -0.2) is 9.37 Å². The molecule has 0 aliphatic rings. The summed E-state index contributed by atoms with van der Waals surface area (Å²) in [5, 5.41) is 3.43. The number of aromatic nitrogens is 1. The van der Waals surface area contributed by atoms with Crippen molar-refractivity contribution in [1.29, 1.82) is 0 Å². The number of fused-ring (bicyclic) bond motifs is 1. The number of halogens is 2. The van der Waals surface area contributed by atoms with Crippen LogP contribution in [0.25, 0.3) is 10.2 Å². The first-order valence-electron chi connectivity index (χ1n) is 6.84. The highest BCUT2D eigenvalue weighted by molar-refractivity contribution is 7.22. The van der Waals surface area contributed by atoms with Gasteiger partial charge < -0.3 is 10.2 Å². The van der Waals surface area contributed by atoms with E-state index < -0.39 is 5.82 Å². The van der Waals surface area contributed by atoms with Gasteiger partial charge in [0.2, 0.25) is 5.91 Å². The molecule has 0 spiro atoms. The molecule has 0 saturated carbocycles. The highest BCUT2D eigenvalue weighted by Gasteiger charge is 2.12. The molecule has 0 aliphatic carbocycles. The van der Waals surface area contributed by atoms with Crippen molar-refractivity contribution < 1.29 is 9.18 Å². The van der Waals surface area contributed by atoms with Crippen molar-refractivity contribution in [2.24, 2.45) is 0 Å². The first-order chi connectivity index (χ1) is 11.0. The van der Waals surface area contributed by atoms with Crippen molar-refractivity contribution in [1.82, 2.24) is 4.98 Å². The third kappa shape index (κ3) is 3.60. The molecule has 0 saturated heterocycles. The van der Waals surface area contributed by atoms with E-state index in [9.17, 15) is 9.18 Å². The topological polar surface area (TPSA) is 45.2 Å². The molecule has 4 nitrogen and oxygen atoms in total. The van der Waals surface area contributed by atoms with Gasteiger partial charge in [-0.1, -0.05) is 35.1 Å². The van der Waals surface area contributed by atoms with E-state index in [1.165, 1.54) is 29.5 Å². The van der Waals surface area contributed by atoms with Crippen LogP contribution in [0.1, 0.15) is 0 Å². The molecule has 0 fully saturated rings. The van der Waals surface area contributed by atoms with Crippen LogP contribution in [-0.4, -0.2) is 24.5 Å². The lowest BCUT2D eigenvalue weighted by atomic mass is 10.3. The van der Waals surface area contributed by atoms with E-state index in [4.69, 9.17) is 11.6 Å². The molecule has 1 heterocycles. The Balaban J connectivity index is 1.67. The minimum atomic E-state index is -0.517. The number of amides is 1. The molecule has 0 bridgehead atoms. The Morgan fingerprint density at radius 1 is 1.35 bits per heavy atom. The van der Waals surface area contributed by atoms with Gasteiger partial charge >= 0.3 is 0 Å². The highest BCUT2D eigenvalue weighted by Crippen LogP contribution is 2.27. The molecule has 7 heteroatoms. The second-order valence-electron chi connectivity index (χ2n) is 5.00. The second-order valence-corrected chi connectivity index (χ2v) is 6.41. The number of anilines is 2. The van der Waals surface area contributed by atoms with Crippen molar-refractivity contribution in [3.8, 4) is 0 Å². The van der Waals surface area contributed by atoms with Crippen LogP contribution in [0.5, 0.6) is 0 Å². The summed E-state index contributed by atoms with van der Waals surface area (Å²) in [6.07, 6.45) is 0. The molecule has 1 aromatic heterocycles. The minimum Gasteiger partial charge on any atom is -0.342 e. The predicted molar refractivity (Wildman–Crippen MR) is 92.9 cm³/mol. The Morgan fingerprint density at radius 2 is 2.13 bits per heavy atom. The van der Waals surface area contributed by atoms with Gasteiger partial charge in [-0.15, -0.1) is 0 Å². The fourth-order valence-corrected chi connectivity index (χ4v) is 3.19. The Bertz CT molecular complexity index is 834. The zero-order valence-electron chi connectivity index (χ0n) is 12.2. The monoisotopic (exact) mass is 349 g/mol. The maximum absolute atomic E-state index is 13.1. The van der Waals surface area contributed by atoms with Crippen molar-refractivity contribution in [3.05, 3.63) is 53.3 Å². The van der Waals surface area contributed by atoms with Crippen molar-refractivity contribution in [3.63, 3.8) is 0 Å². The number of hydrogen-bond acceptors (Lipinski definition) is 4. The Labute approximate surface area is 141 Å². The Morgan fingerprint density at radius 3 is 2.87 bits per heavy atom. The van der Waals surface area contributed by atoms with Crippen LogP contribution < -0.4 is 10.2 Å². The zero-order chi connectivity index (χ0) is 16.4. The number of thiazole rings is 1. The smallest absolute Gasteiger partial charge is 0.243 e.